The number of likely N-dealkylation sites (N-methyl/N-ethyl adjacent to an activating group) is 1. The van der Waals surface area contributed by atoms with Gasteiger partial charge < -0.3 is 19.4 Å². The normalized spacial score (nSPS) is 22.8. The largest absolute Gasteiger partial charge is 0.459 e. The number of guanidine groups is 1. The predicted octanol–water partition coefficient (Wildman–Crippen LogP) is 1.58. The molecule has 3 aliphatic heterocycles. The molecule has 1 fully saturated rings. The van der Waals surface area contributed by atoms with Gasteiger partial charge in [-0.3, -0.25) is 14.5 Å². The fourth-order valence-electron chi connectivity index (χ4n) is 3.96. The molecule has 1 aromatic rings. The first kappa shape index (κ1) is 19.9. The second kappa shape index (κ2) is 7.81. The molecule has 9 heteroatoms. The number of imide groups is 1. The quantitative estimate of drug-likeness (QED) is 0.661. The summed E-state index contributed by atoms with van der Waals surface area (Å²) in [5.41, 5.74) is 1.83. The Kier molecular flexibility index (Phi) is 5.19. The zero-order chi connectivity index (χ0) is 21.4. The first-order chi connectivity index (χ1) is 14.4. The molecule has 1 aromatic carbocycles. The second-order valence-electron chi connectivity index (χ2n) is 7.58. The minimum atomic E-state index is -0.679. The Morgan fingerprint density at radius 3 is 2.60 bits per heavy atom. The molecule has 3 aliphatic rings. The van der Waals surface area contributed by atoms with Crippen molar-refractivity contribution >= 4 is 23.9 Å². The standard InChI is InChI=1S/C21H25N5O4/c1-4-10-24-14(2)11-25-17-18(22-20(24)25)23(3)21(29)26(19(17)28)12-16(27)30-13-15-8-6-5-7-9-15/h5-9,11,17-18H,4,10,12-13H2,1-3H3. The molecule has 30 heavy (non-hydrogen) atoms. The minimum absolute atomic E-state index is 0.0884. The third-order valence-electron chi connectivity index (χ3n) is 5.48. The number of ether oxygens (including phenoxy) is 1. The number of urea groups is 1. The van der Waals surface area contributed by atoms with Gasteiger partial charge in [-0.25, -0.2) is 9.79 Å². The lowest BCUT2D eigenvalue weighted by Gasteiger charge is -2.39. The molecule has 1 saturated heterocycles. The zero-order valence-electron chi connectivity index (χ0n) is 17.3. The van der Waals surface area contributed by atoms with Crippen LogP contribution in [-0.2, 0) is 20.9 Å². The predicted molar refractivity (Wildman–Crippen MR) is 109 cm³/mol. The maximum Gasteiger partial charge on any atom is 0.328 e. The van der Waals surface area contributed by atoms with E-state index < -0.39 is 36.7 Å². The fraction of sp³-hybridized carbons (Fsp3) is 0.429. The summed E-state index contributed by atoms with van der Waals surface area (Å²) >= 11 is 0. The molecule has 2 unspecified atom stereocenters. The number of aliphatic imine (C=N–C) groups is 1. The molecule has 3 heterocycles. The van der Waals surface area contributed by atoms with Crippen molar-refractivity contribution in [2.24, 2.45) is 4.99 Å². The summed E-state index contributed by atoms with van der Waals surface area (Å²) in [6.07, 6.45) is 2.20. The molecule has 9 nitrogen and oxygen atoms in total. The van der Waals surface area contributed by atoms with Crippen molar-refractivity contribution in [3.05, 3.63) is 47.8 Å². The Morgan fingerprint density at radius 1 is 1.17 bits per heavy atom. The summed E-state index contributed by atoms with van der Waals surface area (Å²) < 4.78 is 5.26. The van der Waals surface area contributed by atoms with E-state index in [2.05, 4.69) is 11.9 Å². The summed E-state index contributed by atoms with van der Waals surface area (Å²) in [6.45, 7) is 4.47. The molecular weight excluding hydrogens is 386 g/mol. The Labute approximate surface area is 175 Å². The number of carbonyl (C=O) groups excluding carboxylic acids is 3. The van der Waals surface area contributed by atoms with Gasteiger partial charge in [0, 0.05) is 25.5 Å². The highest BCUT2D eigenvalue weighted by Gasteiger charge is 2.54. The van der Waals surface area contributed by atoms with Crippen LogP contribution in [0.1, 0.15) is 25.8 Å². The van der Waals surface area contributed by atoms with Gasteiger partial charge >= 0.3 is 12.0 Å². The number of amides is 3. The third kappa shape index (κ3) is 3.30. The third-order valence-corrected chi connectivity index (χ3v) is 5.48. The smallest absolute Gasteiger partial charge is 0.328 e. The van der Waals surface area contributed by atoms with Crippen LogP contribution in [0.25, 0.3) is 0 Å². The van der Waals surface area contributed by atoms with Crippen LogP contribution in [0.5, 0.6) is 0 Å². The van der Waals surface area contributed by atoms with Crippen LogP contribution in [0.2, 0.25) is 0 Å². The van der Waals surface area contributed by atoms with Gasteiger partial charge in [-0.1, -0.05) is 37.3 Å². The van der Waals surface area contributed by atoms with Crippen LogP contribution in [-0.4, -0.2) is 75.8 Å². The molecule has 0 spiro atoms. The van der Waals surface area contributed by atoms with Crippen LogP contribution >= 0.6 is 0 Å². The second-order valence-corrected chi connectivity index (χ2v) is 7.58. The number of nitrogens with zero attached hydrogens (tertiary/aromatic N) is 5. The van der Waals surface area contributed by atoms with Gasteiger partial charge in [0.25, 0.3) is 5.91 Å². The minimum Gasteiger partial charge on any atom is -0.459 e. The molecule has 0 N–H and O–H groups in total. The van der Waals surface area contributed by atoms with Gasteiger partial charge in [0.05, 0.1) is 0 Å². The van der Waals surface area contributed by atoms with Crippen molar-refractivity contribution < 1.29 is 19.1 Å². The average molecular weight is 411 g/mol. The van der Waals surface area contributed by atoms with E-state index in [1.165, 1.54) is 4.90 Å². The maximum atomic E-state index is 13.2. The van der Waals surface area contributed by atoms with Gasteiger partial charge in [0.2, 0.25) is 5.96 Å². The van der Waals surface area contributed by atoms with E-state index >= 15 is 0 Å². The van der Waals surface area contributed by atoms with Gasteiger partial charge in [0.1, 0.15) is 13.2 Å². The molecule has 3 amide bonds. The molecule has 4 rings (SSSR count). The molecule has 158 valence electrons. The average Bonchev–Trinajstić information content (AvgIpc) is 3.25. The lowest BCUT2D eigenvalue weighted by atomic mass is 10.1. The summed E-state index contributed by atoms with van der Waals surface area (Å²) in [5, 5.41) is 0. The van der Waals surface area contributed by atoms with E-state index in [1.54, 1.807) is 7.05 Å². The van der Waals surface area contributed by atoms with E-state index in [1.807, 2.05) is 53.3 Å². The van der Waals surface area contributed by atoms with Crippen molar-refractivity contribution in [2.75, 3.05) is 20.1 Å². The number of benzene rings is 1. The first-order valence-electron chi connectivity index (χ1n) is 10.0. The number of rotatable bonds is 6. The monoisotopic (exact) mass is 411 g/mol. The van der Waals surface area contributed by atoms with Crippen LogP contribution in [0.15, 0.2) is 47.2 Å². The molecule has 0 saturated carbocycles. The van der Waals surface area contributed by atoms with Crippen molar-refractivity contribution in [1.82, 2.24) is 19.6 Å². The number of carbonyl (C=O) groups is 3. The molecule has 0 aromatic heterocycles. The number of hydrogen-bond donors (Lipinski definition) is 0. The summed E-state index contributed by atoms with van der Waals surface area (Å²) in [6, 6.07) is 8.01. The van der Waals surface area contributed by atoms with E-state index in [9.17, 15) is 14.4 Å². The van der Waals surface area contributed by atoms with Crippen molar-refractivity contribution in [3.8, 4) is 0 Å². The van der Waals surface area contributed by atoms with Crippen molar-refractivity contribution in [1.29, 1.82) is 0 Å². The molecule has 0 radical (unpaired) electrons. The first-order valence-corrected chi connectivity index (χ1v) is 10.0. The highest BCUT2D eigenvalue weighted by atomic mass is 16.5. The highest BCUT2D eigenvalue weighted by molar-refractivity contribution is 6.06. The molecule has 0 aliphatic carbocycles. The van der Waals surface area contributed by atoms with Gasteiger partial charge in [-0.15, -0.1) is 0 Å². The van der Waals surface area contributed by atoms with Crippen LogP contribution < -0.4 is 0 Å². The zero-order valence-corrected chi connectivity index (χ0v) is 17.3. The van der Waals surface area contributed by atoms with Crippen molar-refractivity contribution in [3.63, 3.8) is 0 Å². The number of hydrogen-bond acceptors (Lipinski definition) is 7. The Bertz CT molecular complexity index is 929. The molecule has 0 bridgehead atoms. The number of allylic oxidation sites excluding steroid dienone is 1. The number of esters is 1. The fourth-order valence-corrected chi connectivity index (χ4v) is 3.96. The van der Waals surface area contributed by atoms with E-state index in [4.69, 9.17) is 4.74 Å². The van der Waals surface area contributed by atoms with E-state index in [0.29, 0.717) is 5.96 Å². The Morgan fingerprint density at radius 2 is 1.90 bits per heavy atom. The Hall–Kier alpha value is -3.36. The van der Waals surface area contributed by atoms with Crippen LogP contribution in [0.3, 0.4) is 0 Å². The molecular formula is C21H25N5O4. The SMILES string of the molecule is CCCN1C(C)=CN2C1=NC1C2C(=O)N(CC(=O)OCc2ccccc2)C(=O)N1C. The Balaban J connectivity index is 1.48. The highest BCUT2D eigenvalue weighted by Crippen LogP contribution is 2.33. The lowest BCUT2D eigenvalue weighted by molar-refractivity contribution is -0.151. The van der Waals surface area contributed by atoms with Gasteiger partial charge in [-0.05, 0) is 18.9 Å². The van der Waals surface area contributed by atoms with E-state index in [0.717, 1.165) is 29.1 Å². The topological polar surface area (TPSA) is 85.8 Å². The van der Waals surface area contributed by atoms with Gasteiger partial charge in [0.15, 0.2) is 12.2 Å². The number of fused-ring (bicyclic) bond motifs is 3. The lowest BCUT2D eigenvalue weighted by Crippen LogP contribution is -2.65. The van der Waals surface area contributed by atoms with Gasteiger partial charge in [-0.2, -0.15) is 0 Å². The maximum absolute atomic E-state index is 13.2. The summed E-state index contributed by atoms with van der Waals surface area (Å²) in [7, 11) is 1.60. The molecule has 2 atom stereocenters. The van der Waals surface area contributed by atoms with Crippen molar-refractivity contribution in [2.45, 2.75) is 39.1 Å². The van der Waals surface area contributed by atoms with Crippen LogP contribution in [0.4, 0.5) is 4.79 Å². The summed E-state index contributed by atoms with van der Waals surface area (Å²) in [4.78, 5) is 49.2. The van der Waals surface area contributed by atoms with E-state index in [-0.39, 0.29) is 6.61 Å². The summed E-state index contributed by atoms with van der Waals surface area (Å²) in [5.74, 6) is -0.404. The van der Waals surface area contributed by atoms with Crippen LogP contribution in [0, 0.1) is 0 Å².